The van der Waals surface area contributed by atoms with E-state index in [-0.39, 0.29) is 0 Å². The van der Waals surface area contributed by atoms with Crippen molar-refractivity contribution < 1.29 is 9.59 Å². The second-order valence-corrected chi connectivity index (χ2v) is 4.56. The summed E-state index contributed by atoms with van der Waals surface area (Å²) in [5.74, 6) is -0.988. The lowest BCUT2D eigenvalue weighted by atomic mass is 10.0. The molecule has 0 aromatic carbocycles. The fourth-order valence-electron chi connectivity index (χ4n) is 1.36. The highest BCUT2D eigenvalue weighted by molar-refractivity contribution is 6.02. The van der Waals surface area contributed by atoms with E-state index in [4.69, 9.17) is 5.73 Å². The van der Waals surface area contributed by atoms with Gasteiger partial charge in [0, 0.05) is 18.9 Å². The summed E-state index contributed by atoms with van der Waals surface area (Å²) in [6.45, 7) is 4.93. The molecule has 1 heterocycles. The number of carbonyl (C=O) groups excluding carboxylic acids is 2. The Morgan fingerprint density at radius 3 is 2.50 bits per heavy atom. The van der Waals surface area contributed by atoms with Gasteiger partial charge >= 0.3 is 0 Å². The van der Waals surface area contributed by atoms with Gasteiger partial charge in [0.25, 0.3) is 5.91 Å². The van der Waals surface area contributed by atoms with Crippen molar-refractivity contribution in [1.29, 1.82) is 0 Å². The molecule has 2 amide bonds. The number of rotatable bonds is 4. The summed E-state index contributed by atoms with van der Waals surface area (Å²) in [7, 11) is 1.71. The molecule has 1 aromatic rings. The first kappa shape index (κ1) is 14.0. The van der Waals surface area contributed by atoms with E-state index in [1.165, 1.54) is 6.20 Å². The van der Waals surface area contributed by atoms with Gasteiger partial charge in [-0.15, -0.1) is 0 Å². The van der Waals surface area contributed by atoms with Crippen LogP contribution in [0.4, 0.5) is 5.69 Å². The molecule has 98 valence electrons. The minimum atomic E-state index is -1.10. The molecular formula is C12H18N4O2. The van der Waals surface area contributed by atoms with Crippen molar-refractivity contribution in [2.75, 3.05) is 12.4 Å². The van der Waals surface area contributed by atoms with E-state index >= 15 is 0 Å². The van der Waals surface area contributed by atoms with Crippen molar-refractivity contribution in [1.82, 2.24) is 10.3 Å². The molecule has 0 fully saturated rings. The van der Waals surface area contributed by atoms with Crippen LogP contribution in [0.3, 0.4) is 0 Å². The lowest BCUT2D eigenvalue weighted by Crippen LogP contribution is -2.53. The highest BCUT2D eigenvalue weighted by Crippen LogP contribution is 2.16. The van der Waals surface area contributed by atoms with Crippen molar-refractivity contribution in [3.8, 4) is 0 Å². The molecule has 18 heavy (non-hydrogen) atoms. The van der Waals surface area contributed by atoms with E-state index in [1.54, 1.807) is 27.0 Å². The Bertz CT molecular complexity index is 483. The third-order valence-corrected chi connectivity index (χ3v) is 2.60. The van der Waals surface area contributed by atoms with E-state index in [0.29, 0.717) is 11.3 Å². The zero-order valence-corrected chi connectivity index (χ0v) is 11.0. The van der Waals surface area contributed by atoms with Crippen molar-refractivity contribution in [3.05, 3.63) is 23.5 Å². The number of primary amides is 1. The topological polar surface area (TPSA) is 97.1 Å². The zero-order valence-electron chi connectivity index (χ0n) is 11.0. The van der Waals surface area contributed by atoms with E-state index in [2.05, 4.69) is 15.6 Å². The fraction of sp³-hybridized carbons (Fsp3) is 0.417. The van der Waals surface area contributed by atoms with Crippen LogP contribution in [-0.4, -0.2) is 29.4 Å². The summed E-state index contributed by atoms with van der Waals surface area (Å²) >= 11 is 0. The summed E-state index contributed by atoms with van der Waals surface area (Å²) in [6, 6.07) is 1.76. The second kappa shape index (κ2) is 5.03. The van der Waals surface area contributed by atoms with Crippen LogP contribution in [-0.2, 0) is 4.79 Å². The number of pyridine rings is 1. The molecule has 0 aliphatic rings. The SMILES string of the molecule is CNc1cc(C)ncc1C(=O)NC(C)(C)C(N)=O. The number of carbonyl (C=O) groups is 2. The number of amides is 2. The Kier molecular flexibility index (Phi) is 3.90. The molecule has 4 N–H and O–H groups in total. The standard InChI is InChI=1S/C12H18N4O2/c1-7-5-9(14-4)8(6-15-7)10(17)16-12(2,3)11(13)18/h5-6H,1-4H3,(H2,13,18)(H,14,15)(H,16,17). The number of hydrogen-bond donors (Lipinski definition) is 3. The maximum absolute atomic E-state index is 12.1. The molecule has 1 aromatic heterocycles. The van der Waals surface area contributed by atoms with Crippen molar-refractivity contribution in [2.24, 2.45) is 5.73 Å². The number of nitrogens with two attached hydrogens (primary N) is 1. The Labute approximate surface area is 106 Å². The molecule has 0 bridgehead atoms. The minimum Gasteiger partial charge on any atom is -0.387 e. The summed E-state index contributed by atoms with van der Waals surface area (Å²) in [4.78, 5) is 27.3. The maximum atomic E-state index is 12.1. The number of hydrogen-bond acceptors (Lipinski definition) is 4. The Hall–Kier alpha value is -2.11. The summed E-state index contributed by atoms with van der Waals surface area (Å²) < 4.78 is 0. The third-order valence-electron chi connectivity index (χ3n) is 2.60. The first-order valence-corrected chi connectivity index (χ1v) is 5.54. The van der Waals surface area contributed by atoms with Crippen LogP contribution < -0.4 is 16.4 Å². The molecule has 0 aliphatic heterocycles. The van der Waals surface area contributed by atoms with Crippen molar-refractivity contribution in [3.63, 3.8) is 0 Å². The van der Waals surface area contributed by atoms with Crippen LogP contribution in [0.15, 0.2) is 12.3 Å². The summed E-state index contributed by atoms with van der Waals surface area (Å²) in [5.41, 5.74) is 5.92. The first-order chi connectivity index (χ1) is 8.27. The monoisotopic (exact) mass is 250 g/mol. The number of nitrogens with zero attached hydrogens (tertiary/aromatic N) is 1. The van der Waals surface area contributed by atoms with E-state index in [1.807, 2.05) is 6.92 Å². The van der Waals surface area contributed by atoms with Gasteiger partial charge in [0.15, 0.2) is 0 Å². The predicted molar refractivity (Wildman–Crippen MR) is 69.3 cm³/mol. The van der Waals surface area contributed by atoms with Gasteiger partial charge in [-0.05, 0) is 26.8 Å². The molecule has 0 saturated carbocycles. The summed E-state index contributed by atoms with van der Waals surface area (Å²) in [6.07, 6.45) is 1.47. The van der Waals surface area contributed by atoms with Gasteiger partial charge in [-0.2, -0.15) is 0 Å². The van der Waals surface area contributed by atoms with Gasteiger partial charge in [-0.3, -0.25) is 14.6 Å². The lowest BCUT2D eigenvalue weighted by Gasteiger charge is -2.22. The molecular weight excluding hydrogens is 232 g/mol. The normalized spacial score (nSPS) is 10.9. The predicted octanol–water partition coefficient (Wildman–Crippen LogP) is 0.425. The van der Waals surface area contributed by atoms with Gasteiger partial charge in [0.05, 0.1) is 11.3 Å². The Balaban J connectivity index is 3.01. The highest BCUT2D eigenvalue weighted by atomic mass is 16.2. The van der Waals surface area contributed by atoms with Gasteiger partial charge < -0.3 is 16.4 Å². The van der Waals surface area contributed by atoms with Crippen LogP contribution in [0.1, 0.15) is 29.9 Å². The van der Waals surface area contributed by atoms with Crippen molar-refractivity contribution >= 4 is 17.5 Å². The van der Waals surface area contributed by atoms with Crippen LogP contribution in [0.2, 0.25) is 0 Å². The highest BCUT2D eigenvalue weighted by Gasteiger charge is 2.28. The molecule has 6 heteroatoms. The summed E-state index contributed by atoms with van der Waals surface area (Å²) in [5, 5.41) is 5.49. The van der Waals surface area contributed by atoms with Crippen LogP contribution in [0.25, 0.3) is 0 Å². The van der Waals surface area contributed by atoms with Gasteiger partial charge in [0.2, 0.25) is 5.91 Å². The molecule has 0 atom stereocenters. The van der Waals surface area contributed by atoms with E-state index < -0.39 is 17.4 Å². The van der Waals surface area contributed by atoms with Crippen molar-refractivity contribution in [2.45, 2.75) is 26.3 Å². The average molecular weight is 250 g/mol. The average Bonchev–Trinajstić information content (AvgIpc) is 2.27. The van der Waals surface area contributed by atoms with Crippen LogP contribution in [0.5, 0.6) is 0 Å². The van der Waals surface area contributed by atoms with Gasteiger partial charge in [0.1, 0.15) is 5.54 Å². The van der Waals surface area contributed by atoms with E-state index in [9.17, 15) is 9.59 Å². The number of aryl methyl sites for hydroxylation is 1. The maximum Gasteiger partial charge on any atom is 0.255 e. The Morgan fingerprint density at radius 2 is 2.00 bits per heavy atom. The quantitative estimate of drug-likeness (QED) is 0.721. The minimum absolute atomic E-state index is 0.373. The second-order valence-electron chi connectivity index (χ2n) is 4.56. The first-order valence-electron chi connectivity index (χ1n) is 5.54. The number of nitrogens with one attached hydrogen (secondary N) is 2. The molecule has 6 nitrogen and oxygen atoms in total. The molecule has 1 rings (SSSR count). The fourth-order valence-corrected chi connectivity index (χ4v) is 1.36. The largest absolute Gasteiger partial charge is 0.387 e. The zero-order chi connectivity index (χ0) is 13.9. The van der Waals surface area contributed by atoms with Crippen LogP contribution >= 0.6 is 0 Å². The molecule has 0 aliphatic carbocycles. The molecule has 0 radical (unpaired) electrons. The van der Waals surface area contributed by atoms with Gasteiger partial charge in [-0.1, -0.05) is 0 Å². The van der Waals surface area contributed by atoms with Gasteiger partial charge in [-0.25, -0.2) is 0 Å². The number of anilines is 1. The third kappa shape index (κ3) is 2.97. The Morgan fingerprint density at radius 1 is 1.39 bits per heavy atom. The molecule has 0 saturated heterocycles. The number of aromatic nitrogens is 1. The lowest BCUT2D eigenvalue weighted by molar-refractivity contribution is -0.122. The van der Waals surface area contributed by atoms with Crippen LogP contribution in [0, 0.1) is 6.92 Å². The smallest absolute Gasteiger partial charge is 0.255 e. The molecule has 0 unspecified atom stereocenters. The van der Waals surface area contributed by atoms with E-state index in [0.717, 1.165) is 5.69 Å². The molecule has 0 spiro atoms.